The van der Waals surface area contributed by atoms with E-state index in [-0.39, 0.29) is 0 Å². The third-order valence-corrected chi connectivity index (χ3v) is 2.42. The first kappa shape index (κ1) is 12.2. The molecule has 0 saturated heterocycles. The molecule has 1 aromatic heterocycles. The number of hydrogen-bond acceptors (Lipinski definition) is 6. The predicted octanol–water partition coefficient (Wildman–Crippen LogP) is 2.01. The van der Waals surface area contributed by atoms with Crippen LogP contribution in [0.15, 0.2) is 22.7 Å². The topological polar surface area (TPSA) is 69.4 Å². The number of aromatic nitrogens is 2. The molecule has 96 valence electrons. The molecule has 0 fully saturated rings. The average molecular weight is 249 g/mol. The van der Waals surface area contributed by atoms with Crippen LogP contribution < -0.4 is 14.8 Å². The Hall–Kier alpha value is -2.24. The highest BCUT2D eigenvalue weighted by atomic mass is 16.5. The van der Waals surface area contributed by atoms with Gasteiger partial charge in [0.05, 0.1) is 14.2 Å². The Morgan fingerprint density at radius 3 is 2.61 bits per heavy atom. The van der Waals surface area contributed by atoms with Crippen LogP contribution in [0.5, 0.6) is 11.5 Å². The van der Waals surface area contributed by atoms with E-state index >= 15 is 0 Å². The van der Waals surface area contributed by atoms with E-state index in [4.69, 9.17) is 14.0 Å². The normalized spacial score (nSPS) is 10.2. The maximum atomic E-state index is 5.23. The first-order valence-electron chi connectivity index (χ1n) is 5.48. The fraction of sp³-hybridized carbons (Fsp3) is 0.333. The largest absolute Gasteiger partial charge is 0.493 e. The molecule has 0 aliphatic carbocycles. The molecule has 0 aliphatic rings. The van der Waals surface area contributed by atoms with Gasteiger partial charge in [-0.05, 0) is 24.6 Å². The Labute approximate surface area is 105 Å². The summed E-state index contributed by atoms with van der Waals surface area (Å²) in [5.41, 5.74) is 1.03. The van der Waals surface area contributed by atoms with Crippen molar-refractivity contribution in [3.05, 3.63) is 29.6 Å². The van der Waals surface area contributed by atoms with Crippen molar-refractivity contribution < 1.29 is 14.0 Å². The molecule has 2 rings (SSSR count). The number of anilines is 1. The predicted molar refractivity (Wildman–Crippen MR) is 65.9 cm³/mol. The number of ether oxygens (including phenoxy) is 2. The smallest absolute Gasteiger partial charge is 0.321 e. The van der Waals surface area contributed by atoms with E-state index < -0.39 is 0 Å². The van der Waals surface area contributed by atoms with Crippen LogP contribution in [0.2, 0.25) is 0 Å². The van der Waals surface area contributed by atoms with Crippen molar-refractivity contribution in [2.45, 2.75) is 13.5 Å². The Kier molecular flexibility index (Phi) is 3.66. The van der Waals surface area contributed by atoms with E-state index in [1.807, 2.05) is 18.2 Å². The molecule has 0 saturated carbocycles. The van der Waals surface area contributed by atoms with Crippen molar-refractivity contribution in [2.75, 3.05) is 19.5 Å². The van der Waals surface area contributed by atoms with Gasteiger partial charge in [0, 0.05) is 6.54 Å². The van der Waals surface area contributed by atoms with Gasteiger partial charge in [-0.3, -0.25) is 0 Å². The van der Waals surface area contributed by atoms with E-state index in [9.17, 15) is 0 Å². The number of methoxy groups -OCH3 is 2. The highest BCUT2D eigenvalue weighted by Gasteiger charge is 2.06. The molecule has 0 amide bonds. The molecule has 0 spiro atoms. The highest BCUT2D eigenvalue weighted by molar-refractivity contribution is 5.43. The van der Waals surface area contributed by atoms with Gasteiger partial charge in [0.1, 0.15) is 0 Å². The van der Waals surface area contributed by atoms with Crippen molar-refractivity contribution in [2.24, 2.45) is 0 Å². The summed E-state index contributed by atoms with van der Waals surface area (Å²) in [6.45, 7) is 2.34. The minimum Gasteiger partial charge on any atom is -0.493 e. The number of nitrogens with one attached hydrogen (secondary N) is 1. The summed E-state index contributed by atoms with van der Waals surface area (Å²) in [6.07, 6.45) is 0. The average Bonchev–Trinajstić information content (AvgIpc) is 2.81. The number of nitrogens with zero attached hydrogens (tertiary/aromatic N) is 2. The standard InChI is InChI=1S/C12H15N3O3/c1-8-14-12(18-15-8)13-7-9-4-5-10(16-2)11(6-9)17-3/h4-6H,7H2,1-3H3,(H,13,14,15). The molecule has 1 heterocycles. The monoisotopic (exact) mass is 249 g/mol. The molecule has 0 atom stereocenters. The lowest BCUT2D eigenvalue weighted by Gasteiger charge is -2.09. The van der Waals surface area contributed by atoms with E-state index in [1.165, 1.54) is 0 Å². The third-order valence-electron chi connectivity index (χ3n) is 2.42. The van der Waals surface area contributed by atoms with Gasteiger partial charge < -0.3 is 19.3 Å². The third kappa shape index (κ3) is 2.71. The van der Waals surface area contributed by atoms with E-state index in [2.05, 4.69) is 15.5 Å². The molecular weight excluding hydrogens is 234 g/mol. The second-order valence-corrected chi connectivity index (χ2v) is 3.69. The van der Waals surface area contributed by atoms with Gasteiger partial charge in [-0.15, -0.1) is 0 Å². The molecular formula is C12H15N3O3. The van der Waals surface area contributed by atoms with Gasteiger partial charge in [0.15, 0.2) is 17.3 Å². The van der Waals surface area contributed by atoms with Crippen LogP contribution in [0.25, 0.3) is 0 Å². The Balaban J connectivity index is 2.05. The first-order chi connectivity index (χ1) is 8.72. The second kappa shape index (κ2) is 5.39. The van der Waals surface area contributed by atoms with Crippen LogP contribution in [-0.4, -0.2) is 24.4 Å². The fourth-order valence-corrected chi connectivity index (χ4v) is 1.54. The van der Waals surface area contributed by atoms with Gasteiger partial charge in [-0.2, -0.15) is 4.98 Å². The molecule has 1 aromatic carbocycles. The number of rotatable bonds is 5. The summed E-state index contributed by atoms with van der Waals surface area (Å²) >= 11 is 0. The maximum absolute atomic E-state index is 5.23. The molecule has 18 heavy (non-hydrogen) atoms. The minimum absolute atomic E-state index is 0.405. The molecule has 6 heteroatoms. The van der Waals surface area contributed by atoms with Crippen LogP contribution in [0.4, 0.5) is 6.01 Å². The molecule has 2 aromatic rings. The van der Waals surface area contributed by atoms with Gasteiger partial charge in [-0.25, -0.2) is 0 Å². The van der Waals surface area contributed by atoms with Crippen molar-refractivity contribution in [1.29, 1.82) is 0 Å². The number of hydrogen-bond donors (Lipinski definition) is 1. The summed E-state index contributed by atoms with van der Waals surface area (Å²) in [5, 5.41) is 6.73. The molecule has 6 nitrogen and oxygen atoms in total. The zero-order valence-electron chi connectivity index (χ0n) is 10.6. The first-order valence-corrected chi connectivity index (χ1v) is 5.48. The SMILES string of the molecule is COc1ccc(CNc2nc(C)no2)cc1OC. The van der Waals surface area contributed by atoms with Crippen LogP contribution in [0, 0.1) is 6.92 Å². The van der Waals surface area contributed by atoms with Crippen molar-refractivity contribution in [1.82, 2.24) is 10.1 Å². The maximum Gasteiger partial charge on any atom is 0.321 e. The van der Waals surface area contributed by atoms with Gasteiger partial charge >= 0.3 is 6.01 Å². The molecule has 0 radical (unpaired) electrons. The van der Waals surface area contributed by atoms with E-state index in [0.717, 1.165) is 5.56 Å². The lowest BCUT2D eigenvalue weighted by molar-refractivity contribution is 0.354. The summed E-state index contributed by atoms with van der Waals surface area (Å²) in [7, 11) is 3.22. The summed E-state index contributed by atoms with van der Waals surface area (Å²) in [4.78, 5) is 4.06. The zero-order chi connectivity index (χ0) is 13.0. The summed E-state index contributed by atoms with van der Waals surface area (Å²) in [5.74, 6) is 2.00. The molecule has 0 unspecified atom stereocenters. The number of benzene rings is 1. The van der Waals surface area contributed by atoms with Gasteiger partial charge in [-0.1, -0.05) is 11.2 Å². The Morgan fingerprint density at radius 2 is 2.00 bits per heavy atom. The van der Waals surface area contributed by atoms with E-state index in [0.29, 0.717) is 29.9 Å². The lowest BCUT2D eigenvalue weighted by atomic mass is 10.2. The van der Waals surface area contributed by atoms with Gasteiger partial charge in [0.25, 0.3) is 0 Å². The fourth-order valence-electron chi connectivity index (χ4n) is 1.54. The van der Waals surface area contributed by atoms with Crippen LogP contribution >= 0.6 is 0 Å². The highest BCUT2D eigenvalue weighted by Crippen LogP contribution is 2.27. The Bertz CT molecular complexity index is 525. The molecule has 0 bridgehead atoms. The van der Waals surface area contributed by atoms with Crippen LogP contribution in [-0.2, 0) is 6.54 Å². The van der Waals surface area contributed by atoms with Gasteiger partial charge in [0.2, 0.25) is 0 Å². The lowest BCUT2D eigenvalue weighted by Crippen LogP contribution is -2.00. The minimum atomic E-state index is 0.405. The van der Waals surface area contributed by atoms with Crippen molar-refractivity contribution in [3.8, 4) is 11.5 Å². The quantitative estimate of drug-likeness (QED) is 0.874. The second-order valence-electron chi connectivity index (χ2n) is 3.69. The van der Waals surface area contributed by atoms with Crippen molar-refractivity contribution in [3.63, 3.8) is 0 Å². The molecule has 1 N–H and O–H groups in total. The van der Waals surface area contributed by atoms with Crippen LogP contribution in [0.1, 0.15) is 11.4 Å². The summed E-state index contributed by atoms with van der Waals surface area (Å²) in [6, 6.07) is 6.10. The Morgan fingerprint density at radius 1 is 1.22 bits per heavy atom. The molecule has 0 aliphatic heterocycles. The summed E-state index contributed by atoms with van der Waals surface area (Å²) < 4.78 is 15.4. The van der Waals surface area contributed by atoms with Crippen LogP contribution in [0.3, 0.4) is 0 Å². The number of aryl methyl sites for hydroxylation is 1. The zero-order valence-corrected chi connectivity index (χ0v) is 10.6. The van der Waals surface area contributed by atoms with E-state index in [1.54, 1.807) is 21.1 Å². The van der Waals surface area contributed by atoms with Crippen molar-refractivity contribution >= 4 is 6.01 Å².